The molecule has 0 spiro atoms. The van der Waals surface area contributed by atoms with Gasteiger partial charge >= 0.3 is 0 Å². The Labute approximate surface area is 96.0 Å². The van der Waals surface area contributed by atoms with E-state index < -0.39 is 0 Å². The molecule has 3 heteroatoms. The molecule has 0 saturated heterocycles. The second-order valence-corrected chi connectivity index (χ2v) is 4.67. The third-order valence-corrected chi connectivity index (χ3v) is 3.12. The smallest absolute Gasteiger partial charge is 0.224 e. The van der Waals surface area contributed by atoms with Crippen molar-refractivity contribution in [2.45, 2.75) is 38.8 Å². The van der Waals surface area contributed by atoms with Gasteiger partial charge in [0.05, 0.1) is 6.42 Å². The third-order valence-electron chi connectivity index (χ3n) is 3.12. The van der Waals surface area contributed by atoms with Gasteiger partial charge in [-0.15, -0.1) is 0 Å². The van der Waals surface area contributed by atoms with Crippen LogP contribution in [0.2, 0.25) is 0 Å². The van der Waals surface area contributed by atoms with Crippen molar-refractivity contribution in [1.82, 2.24) is 5.32 Å². The molecule has 1 saturated carbocycles. The fourth-order valence-electron chi connectivity index (χ4n) is 1.74. The van der Waals surface area contributed by atoms with E-state index in [0.717, 1.165) is 12.0 Å². The minimum Gasteiger partial charge on any atom is -0.351 e. The number of carbonyl (C=O) groups excluding carboxylic acids is 1. The van der Waals surface area contributed by atoms with Crippen LogP contribution < -0.4 is 11.1 Å². The van der Waals surface area contributed by atoms with Gasteiger partial charge in [0.1, 0.15) is 0 Å². The second-order valence-electron chi connectivity index (χ2n) is 4.67. The number of nitrogens with two attached hydrogens (primary N) is 1. The van der Waals surface area contributed by atoms with Gasteiger partial charge in [0, 0.05) is 12.1 Å². The lowest BCUT2D eigenvalue weighted by Crippen LogP contribution is -2.30. The Hall–Kier alpha value is -1.35. The van der Waals surface area contributed by atoms with Crippen molar-refractivity contribution in [1.29, 1.82) is 0 Å². The lowest BCUT2D eigenvalue weighted by Gasteiger charge is -2.06. The summed E-state index contributed by atoms with van der Waals surface area (Å²) in [6, 6.07) is 6.51. The molecule has 86 valence electrons. The number of aryl methyl sites for hydroxylation is 2. The van der Waals surface area contributed by atoms with Crippen molar-refractivity contribution >= 4 is 5.91 Å². The summed E-state index contributed by atoms with van der Waals surface area (Å²) in [6.45, 7) is 4.13. The van der Waals surface area contributed by atoms with Gasteiger partial charge in [-0.25, -0.2) is 0 Å². The maximum atomic E-state index is 11.6. The molecule has 1 aliphatic carbocycles. The predicted octanol–water partition coefficient (Wildman–Crippen LogP) is 1.06. The Morgan fingerprint density at radius 2 is 2.12 bits per heavy atom. The number of hydrogen-bond donors (Lipinski definition) is 2. The van der Waals surface area contributed by atoms with Crippen LogP contribution in [0, 0.1) is 13.8 Å². The highest BCUT2D eigenvalue weighted by atomic mass is 16.1. The van der Waals surface area contributed by atoms with Crippen LogP contribution in [-0.2, 0) is 11.2 Å². The molecule has 0 aromatic heterocycles. The number of benzene rings is 1. The molecule has 0 bridgehead atoms. The molecule has 2 unspecified atom stereocenters. The average molecular weight is 218 g/mol. The number of rotatable bonds is 3. The molecule has 3 N–H and O–H groups in total. The lowest BCUT2D eigenvalue weighted by molar-refractivity contribution is -0.120. The first kappa shape index (κ1) is 11.1. The number of hydrogen-bond acceptors (Lipinski definition) is 2. The van der Waals surface area contributed by atoms with Gasteiger partial charge in [-0.05, 0) is 37.0 Å². The SMILES string of the molecule is Cc1ccc(CC(=O)NC2CC2N)cc1C. The highest BCUT2D eigenvalue weighted by molar-refractivity contribution is 5.79. The quantitative estimate of drug-likeness (QED) is 0.797. The minimum absolute atomic E-state index is 0.0706. The standard InChI is InChI=1S/C13H18N2O/c1-8-3-4-10(5-9(8)2)6-13(16)15-12-7-11(12)14/h3-5,11-12H,6-7,14H2,1-2H3,(H,15,16). The van der Waals surface area contributed by atoms with Crippen LogP contribution >= 0.6 is 0 Å². The highest BCUT2D eigenvalue weighted by Gasteiger charge is 2.34. The molecule has 1 aromatic carbocycles. The summed E-state index contributed by atoms with van der Waals surface area (Å²) in [6.07, 6.45) is 1.36. The molecule has 0 heterocycles. The first-order chi connectivity index (χ1) is 7.56. The first-order valence-corrected chi connectivity index (χ1v) is 5.67. The van der Waals surface area contributed by atoms with E-state index in [1.807, 2.05) is 6.07 Å². The molecule has 1 amide bonds. The van der Waals surface area contributed by atoms with Crippen molar-refractivity contribution in [3.63, 3.8) is 0 Å². The minimum atomic E-state index is 0.0706. The van der Waals surface area contributed by atoms with Crippen LogP contribution in [-0.4, -0.2) is 18.0 Å². The van der Waals surface area contributed by atoms with Gasteiger partial charge in [-0.1, -0.05) is 18.2 Å². The van der Waals surface area contributed by atoms with E-state index in [1.165, 1.54) is 11.1 Å². The summed E-state index contributed by atoms with van der Waals surface area (Å²) in [5, 5.41) is 2.92. The first-order valence-electron chi connectivity index (χ1n) is 5.67. The van der Waals surface area contributed by atoms with Gasteiger partial charge in [-0.2, -0.15) is 0 Å². The molecule has 1 aromatic rings. The van der Waals surface area contributed by atoms with Crippen molar-refractivity contribution in [3.8, 4) is 0 Å². The Balaban J connectivity index is 1.92. The van der Waals surface area contributed by atoms with Crippen molar-refractivity contribution in [2.75, 3.05) is 0 Å². The lowest BCUT2D eigenvalue weighted by atomic mass is 10.0. The molecule has 16 heavy (non-hydrogen) atoms. The van der Waals surface area contributed by atoms with Gasteiger partial charge in [0.15, 0.2) is 0 Å². The van der Waals surface area contributed by atoms with Gasteiger partial charge < -0.3 is 11.1 Å². The van der Waals surface area contributed by atoms with E-state index in [0.29, 0.717) is 6.42 Å². The molecule has 0 radical (unpaired) electrons. The zero-order valence-electron chi connectivity index (χ0n) is 9.79. The number of nitrogens with one attached hydrogen (secondary N) is 1. The van der Waals surface area contributed by atoms with Crippen molar-refractivity contribution < 1.29 is 4.79 Å². The fraction of sp³-hybridized carbons (Fsp3) is 0.462. The molecule has 2 rings (SSSR count). The molecule has 3 nitrogen and oxygen atoms in total. The molecule has 1 aliphatic rings. The van der Waals surface area contributed by atoms with Crippen LogP contribution in [0.25, 0.3) is 0 Å². The predicted molar refractivity (Wildman–Crippen MR) is 64.1 cm³/mol. The second kappa shape index (κ2) is 4.26. The highest BCUT2D eigenvalue weighted by Crippen LogP contribution is 2.18. The maximum Gasteiger partial charge on any atom is 0.224 e. The summed E-state index contributed by atoms with van der Waals surface area (Å²) in [7, 11) is 0. The molecule has 0 aliphatic heterocycles. The fourth-order valence-corrected chi connectivity index (χ4v) is 1.74. The monoisotopic (exact) mass is 218 g/mol. The molecule has 2 atom stereocenters. The summed E-state index contributed by atoms with van der Waals surface area (Å²) >= 11 is 0. The van der Waals surface area contributed by atoms with E-state index in [1.54, 1.807) is 0 Å². The van der Waals surface area contributed by atoms with Crippen molar-refractivity contribution in [2.24, 2.45) is 5.73 Å². The van der Waals surface area contributed by atoms with Crippen LogP contribution in [0.3, 0.4) is 0 Å². The van der Waals surface area contributed by atoms with Crippen LogP contribution in [0.4, 0.5) is 0 Å². The van der Waals surface area contributed by atoms with E-state index in [-0.39, 0.29) is 18.0 Å². The van der Waals surface area contributed by atoms with Gasteiger partial charge in [0.2, 0.25) is 5.91 Å². The Morgan fingerprint density at radius 1 is 1.44 bits per heavy atom. The number of amides is 1. The Bertz CT molecular complexity index is 414. The van der Waals surface area contributed by atoms with Gasteiger partial charge in [0.25, 0.3) is 0 Å². The topological polar surface area (TPSA) is 55.1 Å². The third kappa shape index (κ3) is 2.61. The Morgan fingerprint density at radius 3 is 2.69 bits per heavy atom. The average Bonchev–Trinajstić information content (AvgIpc) is 2.88. The van der Waals surface area contributed by atoms with E-state index in [9.17, 15) is 4.79 Å². The van der Waals surface area contributed by atoms with Gasteiger partial charge in [-0.3, -0.25) is 4.79 Å². The Kier molecular flexibility index (Phi) is 2.97. The van der Waals surface area contributed by atoms with E-state index in [2.05, 4.69) is 31.3 Å². The van der Waals surface area contributed by atoms with E-state index >= 15 is 0 Å². The zero-order chi connectivity index (χ0) is 11.7. The maximum absolute atomic E-state index is 11.6. The largest absolute Gasteiger partial charge is 0.351 e. The molecular weight excluding hydrogens is 200 g/mol. The number of carbonyl (C=O) groups is 1. The molecule has 1 fully saturated rings. The summed E-state index contributed by atoms with van der Waals surface area (Å²) in [5.74, 6) is 0.0706. The van der Waals surface area contributed by atoms with Crippen LogP contribution in [0.1, 0.15) is 23.1 Å². The van der Waals surface area contributed by atoms with Crippen molar-refractivity contribution in [3.05, 3.63) is 34.9 Å². The normalized spacial score (nSPS) is 22.9. The zero-order valence-corrected chi connectivity index (χ0v) is 9.79. The summed E-state index contributed by atoms with van der Waals surface area (Å²) in [5.41, 5.74) is 9.19. The van der Waals surface area contributed by atoms with Crippen LogP contribution in [0.15, 0.2) is 18.2 Å². The van der Waals surface area contributed by atoms with Crippen LogP contribution in [0.5, 0.6) is 0 Å². The summed E-state index contributed by atoms with van der Waals surface area (Å²) < 4.78 is 0. The van der Waals surface area contributed by atoms with E-state index in [4.69, 9.17) is 5.73 Å². The summed E-state index contributed by atoms with van der Waals surface area (Å²) in [4.78, 5) is 11.6. The molecular formula is C13H18N2O.